The topological polar surface area (TPSA) is 17.1 Å². The first-order valence-corrected chi connectivity index (χ1v) is 12.1. The van der Waals surface area contributed by atoms with E-state index in [-0.39, 0.29) is 5.78 Å². The van der Waals surface area contributed by atoms with E-state index >= 15 is 0 Å². The van der Waals surface area contributed by atoms with E-state index in [0.29, 0.717) is 0 Å². The Morgan fingerprint density at radius 2 is 0.794 bits per heavy atom. The third kappa shape index (κ3) is 5.20. The first kappa shape index (κ1) is 23.7. The summed E-state index contributed by atoms with van der Waals surface area (Å²) < 4.78 is 0. The van der Waals surface area contributed by atoms with Crippen LogP contribution in [0.25, 0.3) is 0 Å². The molecule has 0 bridgehead atoms. The molecule has 1 nitrogen and oxygen atoms in total. The Bertz CT molecular complexity index is 1190. The molecule has 0 unspecified atom stereocenters. The van der Waals surface area contributed by atoms with Gasteiger partial charge in [0.1, 0.15) is 0 Å². The maximum Gasteiger partial charge on any atom is 0.193 e. The smallest absolute Gasteiger partial charge is 0.193 e. The Balaban J connectivity index is 1.47. The van der Waals surface area contributed by atoms with Crippen molar-refractivity contribution in [3.63, 3.8) is 0 Å². The summed E-state index contributed by atoms with van der Waals surface area (Å²) in [4.78, 5) is 13.1. The Morgan fingerprint density at radius 1 is 0.500 bits per heavy atom. The summed E-state index contributed by atoms with van der Waals surface area (Å²) in [6, 6.07) is 25.2. The fraction of sp³-hybridized carbons (Fsp3) is 0.242. The molecule has 0 N–H and O–H groups in total. The monoisotopic (exact) mass is 446 g/mol. The highest BCUT2D eigenvalue weighted by molar-refractivity contribution is 6.09. The van der Waals surface area contributed by atoms with E-state index in [4.69, 9.17) is 0 Å². The van der Waals surface area contributed by atoms with Crippen LogP contribution in [0.1, 0.15) is 71.6 Å². The molecule has 0 fully saturated rings. The minimum Gasteiger partial charge on any atom is -0.289 e. The summed E-state index contributed by atoms with van der Waals surface area (Å²) >= 11 is 0. The van der Waals surface area contributed by atoms with Crippen LogP contribution in [0.15, 0.2) is 72.8 Å². The fourth-order valence-electron chi connectivity index (χ4n) is 5.10. The van der Waals surface area contributed by atoms with Crippen molar-refractivity contribution >= 4 is 5.78 Å². The molecule has 0 radical (unpaired) electrons. The second-order valence-corrected chi connectivity index (χ2v) is 9.83. The number of carbonyl (C=O) groups excluding carboxylic acids is 1. The maximum absolute atomic E-state index is 13.1. The van der Waals surface area contributed by atoms with Gasteiger partial charge < -0.3 is 0 Å². The van der Waals surface area contributed by atoms with Gasteiger partial charge in [-0.05, 0) is 98.9 Å². The van der Waals surface area contributed by atoms with Gasteiger partial charge >= 0.3 is 0 Å². The number of aryl methyl sites for hydroxylation is 6. The van der Waals surface area contributed by atoms with Crippen molar-refractivity contribution in [2.75, 3.05) is 0 Å². The van der Waals surface area contributed by atoms with Crippen LogP contribution in [-0.2, 0) is 12.8 Å². The van der Waals surface area contributed by atoms with Gasteiger partial charge in [0, 0.05) is 11.1 Å². The van der Waals surface area contributed by atoms with Crippen LogP contribution in [0.4, 0.5) is 0 Å². The van der Waals surface area contributed by atoms with Gasteiger partial charge in [-0.15, -0.1) is 0 Å². The van der Waals surface area contributed by atoms with Gasteiger partial charge in [-0.3, -0.25) is 4.79 Å². The molecule has 0 heterocycles. The van der Waals surface area contributed by atoms with Gasteiger partial charge in [0.25, 0.3) is 0 Å². The molecule has 0 aliphatic heterocycles. The number of benzene rings is 4. The van der Waals surface area contributed by atoms with E-state index in [1.54, 1.807) is 0 Å². The minimum atomic E-state index is 0.0727. The normalized spacial score (nSPS) is 11.0. The highest BCUT2D eigenvalue weighted by Gasteiger charge is 2.11. The quantitative estimate of drug-likeness (QED) is 0.275. The largest absolute Gasteiger partial charge is 0.289 e. The Kier molecular flexibility index (Phi) is 6.84. The highest BCUT2D eigenvalue weighted by Crippen LogP contribution is 2.23. The molecule has 0 atom stereocenters. The van der Waals surface area contributed by atoms with Crippen LogP contribution < -0.4 is 0 Å². The lowest BCUT2D eigenvalue weighted by Crippen LogP contribution is -2.03. The van der Waals surface area contributed by atoms with E-state index in [2.05, 4.69) is 90.1 Å². The molecule has 0 saturated heterocycles. The zero-order chi connectivity index (χ0) is 24.4. The van der Waals surface area contributed by atoms with Crippen LogP contribution in [0, 0.1) is 41.5 Å². The van der Waals surface area contributed by atoms with Gasteiger partial charge in [-0.2, -0.15) is 0 Å². The first-order chi connectivity index (χ1) is 16.2. The lowest BCUT2D eigenvalue weighted by molar-refractivity contribution is 0.103. The van der Waals surface area contributed by atoms with Gasteiger partial charge in [0.05, 0.1) is 0 Å². The third-order valence-corrected chi connectivity index (χ3v) is 6.87. The summed E-state index contributed by atoms with van der Waals surface area (Å²) in [5, 5.41) is 0. The van der Waals surface area contributed by atoms with Gasteiger partial charge in [-0.25, -0.2) is 0 Å². The molecular formula is C33H34O. The SMILES string of the molecule is Cc1cc(C)c(Cc2ccc(C(=O)c3ccc(Cc4c(C)cc(C)cc4C)cc3)cc2)c(C)c1. The van der Waals surface area contributed by atoms with Crippen molar-refractivity contribution in [3.05, 3.63) is 140 Å². The Labute approximate surface area is 204 Å². The number of hydrogen-bond acceptors (Lipinski definition) is 1. The lowest BCUT2D eigenvalue weighted by atomic mass is 9.92. The van der Waals surface area contributed by atoms with Crippen LogP contribution in [0.3, 0.4) is 0 Å². The summed E-state index contributed by atoms with van der Waals surface area (Å²) in [7, 11) is 0. The van der Waals surface area contributed by atoms with Crippen molar-refractivity contribution < 1.29 is 4.79 Å². The molecule has 34 heavy (non-hydrogen) atoms. The zero-order valence-electron chi connectivity index (χ0n) is 21.3. The lowest BCUT2D eigenvalue weighted by Gasteiger charge is -2.12. The second-order valence-electron chi connectivity index (χ2n) is 9.83. The van der Waals surface area contributed by atoms with E-state index < -0.39 is 0 Å². The van der Waals surface area contributed by atoms with Gasteiger partial charge in [0.15, 0.2) is 5.78 Å². The number of rotatable bonds is 6. The Hall–Kier alpha value is -3.45. The van der Waals surface area contributed by atoms with E-state index in [1.165, 1.54) is 55.6 Å². The third-order valence-electron chi connectivity index (χ3n) is 6.87. The predicted molar refractivity (Wildman–Crippen MR) is 143 cm³/mol. The number of ketones is 1. The molecule has 172 valence electrons. The van der Waals surface area contributed by atoms with Crippen LogP contribution >= 0.6 is 0 Å². The van der Waals surface area contributed by atoms with E-state index in [1.807, 2.05) is 24.3 Å². The minimum absolute atomic E-state index is 0.0727. The molecule has 4 aromatic carbocycles. The average Bonchev–Trinajstić information content (AvgIpc) is 2.79. The fourth-order valence-corrected chi connectivity index (χ4v) is 5.10. The average molecular weight is 447 g/mol. The predicted octanol–water partition coefficient (Wildman–Crippen LogP) is 7.95. The molecular weight excluding hydrogens is 412 g/mol. The standard InChI is InChI=1S/C33H34O/c1-21-15-23(3)31(24(4)16-21)19-27-7-11-29(12-8-27)33(34)30-13-9-28(10-14-30)20-32-25(5)17-22(2)18-26(32)6/h7-18H,19-20H2,1-6H3. The van der Waals surface area contributed by atoms with Crippen molar-refractivity contribution in [3.8, 4) is 0 Å². The van der Waals surface area contributed by atoms with Crippen LogP contribution in [0.2, 0.25) is 0 Å². The van der Waals surface area contributed by atoms with Crippen LogP contribution in [0.5, 0.6) is 0 Å². The number of carbonyl (C=O) groups is 1. The van der Waals surface area contributed by atoms with Gasteiger partial charge in [0.2, 0.25) is 0 Å². The summed E-state index contributed by atoms with van der Waals surface area (Å²) in [6.45, 7) is 13.0. The van der Waals surface area contributed by atoms with Crippen molar-refractivity contribution in [2.45, 2.75) is 54.4 Å². The molecule has 0 aliphatic carbocycles. The number of hydrogen-bond donors (Lipinski definition) is 0. The molecule has 4 rings (SSSR count). The molecule has 0 spiro atoms. The molecule has 0 amide bonds. The van der Waals surface area contributed by atoms with Gasteiger partial charge in [-0.1, -0.05) is 83.9 Å². The van der Waals surface area contributed by atoms with E-state index in [9.17, 15) is 4.79 Å². The maximum atomic E-state index is 13.1. The second kappa shape index (κ2) is 9.81. The summed E-state index contributed by atoms with van der Waals surface area (Å²) in [5.41, 5.74) is 14.6. The summed E-state index contributed by atoms with van der Waals surface area (Å²) in [6.07, 6.45) is 1.78. The van der Waals surface area contributed by atoms with Crippen LogP contribution in [-0.4, -0.2) is 5.78 Å². The summed E-state index contributed by atoms with van der Waals surface area (Å²) in [5.74, 6) is 0.0727. The molecule has 1 heteroatoms. The zero-order valence-corrected chi connectivity index (χ0v) is 21.3. The first-order valence-electron chi connectivity index (χ1n) is 12.1. The molecule has 0 aromatic heterocycles. The van der Waals surface area contributed by atoms with E-state index in [0.717, 1.165) is 24.0 Å². The Morgan fingerprint density at radius 3 is 1.09 bits per heavy atom. The van der Waals surface area contributed by atoms with Crippen molar-refractivity contribution in [1.82, 2.24) is 0 Å². The van der Waals surface area contributed by atoms with Crippen molar-refractivity contribution in [2.24, 2.45) is 0 Å². The molecule has 0 saturated carbocycles. The van der Waals surface area contributed by atoms with Crippen molar-refractivity contribution in [1.29, 1.82) is 0 Å². The highest BCUT2D eigenvalue weighted by atomic mass is 16.1. The molecule has 4 aromatic rings. The molecule has 0 aliphatic rings.